The van der Waals surface area contributed by atoms with Gasteiger partial charge in [-0.1, -0.05) is 72.3 Å². The molecule has 0 bridgehead atoms. The van der Waals surface area contributed by atoms with Gasteiger partial charge in [0.2, 0.25) is 5.88 Å². The zero-order valence-electron chi connectivity index (χ0n) is 26.5. The van der Waals surface area contributed by atoms with Crippen molar-refractivity contribution in [1.29, 1.82) is 0 Å². The van der Waals surface area contributed by atoms with Crippen LogP contribution in [-0.2, 0) is 25.7 Å². The Bertz CT molecular complexity index is 2670. The monoisotopic (exact) mass is 616 g/mol. The summed E-state index contributed by atoms with van der Waals surface area (Å²) in [4.78, 5) is 2.34. The van der Waals surface area contributed by atoms with E-state index >= 15 is 0 Å². The first kappa shape index (κ1) is 25.4. The number of aromatic nitrogens is 1. The first-order chi connectivity index (χ1) is 23.7. The van der Waals surface area contributed by atoms with Crippen LogP contribution in [0.15, 0.2) is 114 Å². The van der Waals surface area contributed by atoms with E-state index in [4.69, 9.17) is 9.15 Å². The number of para-hydroxylation sites is 2. The number of benzene rings is 6. The number of aryl methyl sites for hydroxylation is 5. The minimum atomic E-state index is -0.0211. The fourth-order valence-electron chi connectivity index (χ4n) is 9.14. The molecule has 5 heteroatoms. The minimum Gasteiger partial charge on any atom is -0.458 e. The van der Waals surface area contributed by atoms with Crippen LogP contribution < -0.4 is 26.0 Å². The van der Waals surface area contributed by atoms with Crippen LogP contribution in [-0.4, -0.2) is 11.3 Å². The number of hydrogen-bond acceptors (Lipinski definition) is 3. The van der Waals surface area contributed by atoms with Crippen molar-refractivity contribution < 1.29 is 9.15 Å². The number of anilines is 3. The van der Waals surface area contributed by atoms with Crippen LogP contribution in [0.2, 0.25) is 0 Å². The molecule has 0 atom stereocenters. The number of furan rings is 1. The smallest absolute Gasteiger partial charge is 0.261 e. The van der Waals surface area contributed by atoms with Gasteiger partial charge in [0.1, 0.15) is 17.1 Å². The summed E-state index contributed by atoms with van der Waals surface area (Å²) in [5.74, 6) is 2.71. The molecular formula is C43H29BN2O2. The predicted molar refractivity (Wildman–Crippen MR) is 196 cm³/mol. The molecule has 0 radical (unpaired) electrons. The molecule has 2 aliphatic heterocycles. The second kappa shape index (κ2) is 8.81. The first-order valence-electron chi connectivity index (χ1n) is 17.1. The van der Waals surface area contributed by atoms with E-state index in [0.717, 1.165) is 71.1 Å². The molecule has 6 aromatic carbocycles. The van der Waals surface area contributed by atoms with Crippen LogP contribution in [0.4, 0.5) is 17.3 Å². The van der Waals surface area contributed by atoms with Crippen LogP contribution >= 0.6 is 0 Å². The van der Waals surface area contributed by atoms with Crippen molar-refractivity contribution in [3.05, 3.63) is 137 Å². The van der Waals surface area contributed by atoms with Gasteiger partial charge in [0.05, 0.1) is 22.4 Å². The van der Waals surface area contributed by atoms with Crippen molar-refractivity contribution in [3.8, 4) is 17.2 Å². The Morgan fingerprint density at radius 3 is 2.06 bits per heavy atom. The molecular weight excluding hydrogens is 587 g/mol. The molecule has 2 aliphatic carbocycles. The van der Waals surface area contributed by atoms with Crippen molar-refractivity contribution in [2.75, 3.05) is 4.90 Å². The Balaban J connectivity index is 1.23. The Labute approximate surface area is 277 Å². The fraction of sp³-hybridized carbons (Fsp3) is 0.116. The van der Waals surface area contributed by atoms with Gasteiger partial charge in [0, 0.05) is 33.4 Å². The minimum absolute atomic E-state index is 0.0211. The number of ether oxygens (including phenoxy) is 1. The SMILES string of the molecule is Cc1ccc2oc3c(c2c1)B1c2ccccc2Oc2cc(-n4c5c6c(ccc5c5ccc7c(c54)CC7)CC6)cc(c21)N3c1ccccc1. The van der Waals surface area contributed by atoms with Gasteiger partial charge in [-0.25, -0.2) is 0 Å². The Morgan fingerprint density at radius 1 is 0.604 bits per heavy atom. The number of rotatable bonds is 2. The summed E-state index contributed by atoms with van der Waals surface area (Å²) in [6.45, 7) is 2.14. The van der Waals surface area contributed by atoms with Crippen molar-refractivity contribution in [2.45, 2.75) is 32.6 Å². The molecule has 2 aromatic heterocycles. The topological polar surface area (TPSA) is 30.5 Å². The van der Waals surface area contributed by atoms with Crippen LogP contribution in [0.5, 0.6) is 11.5 Å². The molecule has 12 rings (SSSR count). The largest absolute Gasteiger partial charge is 0.458 e. The van der Waals surface area contributed by atoms with E-state index in [9.17, 15) is 0 Å². The number of hydrogen-bond donors (Lipinski definition) is 0. The molecule has 48 heavy (non-hydrogen) atoms. The zero-order chi connectivity index (χ0) is 31.2. The molecule has 4 heterocycles. The highest BCUT2D eigenvalue weighted by atomic mass is 16.5. The van der Waals surface area contributed by atoms with Crippen molar-refractivity contribution >= 4 is 73.1 Å². The van der Waals surface area contributed by atoms with E-state index in [1.807, 2.05) is 0 Å². The molecule has 8 aromatic rings. The van der Waals surface area contributed by atoms with Gasteiger partial charge in [0.15, 0.2) is 0 Å². The van der Waals surface area contributed by atoms with Gasteiger partial charge in [-0.15, -0.1) is 0 Å². The van der Waals surface area contributed by atoms with Gasteiger partial charge in [-0.3, -0.25) is 4.90 Å². The molecule has 0 spiro atoms. The van der Waals surface area contributed by atoms with Gasteiger partial charge in [-0.05, 0) is 102 Å². The number of fused-ring (bicyclic) bond motifs is 13. The first-order valence-corrected chi connectivity index (χ1v) is 17.1. The average molecular weight is 617 g/mol. The third-order valence-corrected chi connectivity index (χ3v) is 11.5. The highest BCUT2D eigenvalue weighted by molar-refractivity contribution is 7.00. The molecule has 0 N–H and O–H groups in total. The van der Waals surface area contributed by atoms with E-state index in [1.54, 1.807) is 0 Å². The lowest BCUT2D eigenvalue weighted by atomic mass is 9.34. The van der Waals surface area contributed by atoms with E-state index in [1.165, 1.54) is 66.0 Å². The van der Waals surface area contributed by atoms with E-state index in [2.05, 4.69) is 126 Å². The molecule has 4 aliphatic rings. The molecule has 4 nitrogen and oxygen atoms in total. The van der Waals surface area contributed by atoms with Gasteiger partial charge in [-0.2, -0.15) is 0 Å². The highest BCUT2D eigenvalue weighted by Crippen LogP contribution is 2.47. The molecule has 0 saturated carbocycles. The average Bonchev–Trinajstić information content (AvgIpc) is 3.59. The molecule has 0 saturated heterocycles. The third-order valence-electron chi connectivity index (χ3n) is 11.5. The third kappa shape index (κ3) is 3.08. The van der Waals surface area contributed by atoms with Gasteiger partial charge >= 0.3 is 0 Å². The van der Waals surface area contributed by atoms with E-state index in [0.29, 0.717) is 0 Å². The Morgan fingerprint density at radius 2 is 1.33 bits per heavy atom. The molecule has 0 unspecified atom stereocenters. The summed E-state index contributed by atoms with van der Waals surface area (Å²) in [5.41, 5.74) is 17.7. The van der Waals surface area contributed by atoms with Gasteiger partial charge < -0.3 is 13.7 Å². The molecule has 0 fully saturated rings. The quantitative estimate of drug-likeness (QED) is 0.183. The second-order valence-corrected chi connectivity index (χ2v) is 14.0. The van der Waals surface area contributed by atoms with E-state index < -0.39 is 0 Å². The summed E-state index contributed by atoms with van der Waals surface area (Å²) >= 11 is 0. The maximum atomic E-state index is 6.96. The van der Waals surface area contributed by atoms with Crippen LogP contribution in [0.3, 0.4) is 0 Å². The maximum Gasteiger partial charge on any atom is 0.261 e. The Kier molecular flexibility index (Phi) is 4.67. The van der Waals surface area contributed by atoms with Crippen LogP contribution in [0.25, 0.3) is 38.5 Å². The maximum absolute atomic E-state index is 6.96. The summed E-state index contributed by atoms with van der Waals surface area (Å²) in [6, 6.07) is 40.0. The lowest BCUT2D eigenvalue weighted by Crippen LogP contribution is -2.59. The lowest BCUT2D eigenvalue weighted by molar-refractivity contribution is 0.487. The summed E-state index contributed by atoms with van der Waals surface area (Å²) in [7, 11) is 0. The van der Waals surface area contributed by atoms with Crippen molar-refractivity contribution in [3.63, 3.8) is 0 Å². The number of nitrogens with zero attached hydrogens (tertiary/aromatic N) is 2. The van der Waals surface area contributed by atoms with Crippen LogP contribution in [0.1, 0.15) is 27.8 Å². The van der Waals surface area contributed by atoms with Crippen molar-refractivity contribution in [1.82, 2.24) is 4.57 Å². The molecule has 0 amide bonds. The van der Waals surface area contributed by atoms with Crippen molar-refractivity contribution in [2.24, 2.45) is 0 Å². The fourth-order valence-corrected chi connectivity index (χ4v) is 9.14. The predicted octanol–water partition coefficient (Wildman–Crippen LogP) is 8.44. The summed E-state index contributed by atoms with van der Waals surface area (Å²) in [5, 5.41) is 3.86. The standard InChI is InChI=1S/C43H29BN2O2/c1-24-11-20-36-33(21-24)39-43(48-36)45(27-7-3-2-4-8-27)35-22-28(23-38-40(35)44(39)34-9-5-6-10-37(34)47-38)46-41-29-16-12-25(29)14-18-31(41)32-19-15-26-13-17-30(26)42(32)46/h2-11,14-15,18-23H,12-13,16-17H2,1H3. The lowest BCUT2D eigenvalue weighted by Gasteiger charge is -2.38. The zero-order valence-corrected chi connectivity index (χ0v) is 26.5. The van der Waals surface area contributed by atoms with Gasteiger partial charge in [0.25, 0.3) is 6.71 Å². The normalized spacial score (nSPS) is 14.9. The second-order valence-electron chi connectivity index (χ2n) is 14.0. The summed E-state index contributed by atoms with van der Waals surface area (Å²) < 4.78 is 16.5. The Hall–Kier alpha value is -5.68. The summed E-state index contributed by atoms with van der Waals surface area (Å²) in [6.07, 6.45) is 4.54. The van der Waals surface area contributed by atoms with E-state index in [-0.39, 0.29) is 6.71 Å². The molecule has 226 valence electrons. The van der Waals surface area contributed by atoms with Crippen LogP contribution in [0, 0.1) is 6.92 Å². The highest BCUT2D eigenvalue weighted by Gasteiger charge is 2.45.